The number of halogens is 4. The number of aliphatic hydroxyl groups excluding tert-OH is 1. The number of hydrogen-bond donors (Lipinski definition) is 1. The van der Waals surface area contributed by atoms with Gasteiger partial charge in [-0.15, -0.1) is 0 Å². The first-order valence-electron chi connectivity index (χ1n) is 10.7. The Labute approximate surface area is 205 Å². The normalized spacial score (nSPS) is 12.3. The number of aryl methyl sites for hydroxylation is 1. The summed E-state index contributed by atoms with van der Waals surface area (Å²) in [5.41, 5.74) is 2.33. The topological polar surface area (TPSA) is 67.3 Å². The second-order valence-electron chi connectivity index (χ2n) is 8.14. The summed E-state index contributed by atoms with van der Waals surface area (Å²) in [6.45, 7) is 1.52. The average Bonchev–Trinajstić information content (AvgIpc) is 2.82. The highest BCUT2D eigenvalue weighted by Crippen LogP contribution is 2.39. The number of fused-ring (bicyclic) bond motifs is 1. The van der Waals surface area contributed by atoms with E-state index in [2.05, 4.69) is 4.98 Å². The molecule has 4 rings (SSSR count). The lowest BCUT2D eigenvalue weighted by molar-refractivity contribution is -0.136. The van der Waals surface area contributed by atoms with Gasteiger partial charge in [0.25, 0.3) is 0 Å². The average molecular weight is 520 g/mol. The highest BCUT2D eigenvalue weighted by atomic mass is 35.5. The van der Waals surface area contributed by atoms with Crippen molar-refractivity contribution < 1.29 is 26.7 Å². The van der Waals surface area contributed by atoms with Crippen molar-refractivity contribution in [3.05, 3.63) is 83.0 Å². The van der Waals surface area contributed by atoms with Gasteiger partial charge in [-0.3, -0.25) is 4.98 Å². The van der Waals surface area contributed by atoms with Gasteiger partial charge in [0, 0.05) is 18.2 Å². The SMILES string of the molecule is Cc1cnc2c(C(F)(F)F)cccc2c1-c1cccc(-c2ccc(Cl)c(S(=O)(=O)CCCO)c2)c1. The molecule has 0 aliphatic carbocycles. The van der Waals surface area contributed by atoms with Crippen molar-refractivity contribution in [2.45, 2.75) is 24.4 Å². The smallest absolute Gasteiger partial charge is 0.396 e. The van der Waals surface area contributed by atoms with Gasteiger partial charge in [0.2, 0.25) is 0 Å². The molecule has 0 radical (unpaired) electrons. The van der Waals surface area contributed by atoms with Gasteiger partial charge in [-0.25, -0.2) is 8.42 Å². The Morgan fingerprint density at radius 1 is 0.971 bits per heavy atom. The number of nitrogens with zero attached hydrogens (tertiary/aromatic N) is 1. The number of benzene rings is 3. The third kappa shape index (κ3) is 5.05. The molecule has 182 valence electrons. The predicted octanol–water partition coefficient (Wildman–Crippen LogP) is 6.71. The molecule has 4 aromatic rings. The number of para-hydroxylation sites is 1. The molecule has 0 amide bonds. The van der Waals surface area contributed by atoms with E-state index in [0.29, 0.717) is 33.2 Å². The van der Waals surface area contributed by atoms with Gasteiger partial charge in [0.15, 0.2) is 9.84 Å². The van der Waals surface area contributed by atoms with E-state index < -0.39 is 21.6 Å². The Morgan fingerprint density at radius 2 is 1.66 bits per heavy atom. The summed E-state index contributed by atoms with van der Waals surface area (Å²) >= 11 is 6.17. The fourth-order valence-corrected chi connectivity index (χ4v) is 5.95. The molecule has 0 bridgehead atoms. The van der Waals surface area contributed by atoms with Crippen LogP contribution in [-0.4, -0.2) is 30.9 Å². The fraction of sp³-hybridized carbons (Fsp3) is 0.192. The van der Waals surface area contributed by atoms with Gasteiger partial charge < -0.3 is 5.11 Å². The highest BCUT2D eigenvalue weighted by Gasteiger charge is 2.33. The van der Waals surface area contributed by atoms with Crippen LogP contribution in [0, 0.1) is 6.92 Å². The maximum Gasteiger partial charge on any atom is 0.418 e. The Hall–Kier alpha value is -2.94. The molecule has 0 fully saturated rings. The van der Waals surface area contributed by atoms with E-state index in [1.807, 2.05) is 0 Å². The monoisotopic (exact) mass is 519 g/mol. The number of alkyl halides is 3. The summed E-state index contributed by atoms with van der Waals surface area (Å²) in [4.78, 5) is 4.04. The maximum atomic E-state index is 13.6. The van der Waals surface area contributed by atoms with Crippen molar-refractivity contribution in [1.82, 2.24) is 4.98 Å². The highest BCUT2D eigenvalue weighted by molar-refractivity contribution is 7.91. The minimum Gasteiger partial charge on any atom is -0.396 e. The van der Waals surface area contributed by atoms with Crippen LogP contribution in [0.1, 0.15) is 17.5 Å². The number of aliphatic hydroxyl groups is 1. The van der Waals surface area contributed by atoms with Gasteiger partial charge in [0.05, 0.1) is 26.8 Å². The third-order valence-corrected chi connectivity index (χ3v) is 7.99. The standard InChI is InChI=1S/C26H21ClF3NO3S/c1-16-15-31-25-20(7-3-8-21(25)26(28,29)30)24(16)19-6-2-5-17(13-19)18-9-10-22(27)23(14-18)35(33,34)12-4-11-32/h2-3,5-10,13-15,32H,4,11-12H2,1H3. The van der Waals surface area contributed by atoms with Crippen LogP contribution in [0.5, 0.6) is 0 Å². The van der Waals surface area contributed by atoms with Crippen molar-refractivity contribution in [1.29, 1.82) is 0 Å². The van der Waals surface area contributed by atoms with Gasteiger partial charge >= 0.3 is 6.18 Å². The molecule has 4 nitrogen and oxygen atoms in total. The largest absolute Gasteiger partial charge is 0.418 e. The van der Waals surface area contributed by atoms with Crippen molar-refractivity contribution in [3.8, 4) is 22.3 Å². The molecule has 1 N–H and O–H groups in total. The third-order valence-electron chi connectivity index (χ3n) is 5.71. The van der Waals surface area contributed by atoms with Gasteiger partial charge in [-0.2, -0.15) is 13.2 Å². The van der Waals surface area contributed by atoms with E-state index in [0.717, 1.165) is 6.07 Å². The molecule has 0 aliphatic heterocycles. The van der Waals surface area contributed by atoms with Crippen molar-refractivity contribution >= 4 is 32.3 Å². The van der Waals surface area contributed by atoms with E-state index in [-0.39, 0.29) is 34.2 Å². The molecule has 0 atom stereocenters. The second kappa shape index (κ2) is 9.60. The number of aromatic nitrogens is 1. The van der Waals surface area contributed by atoms with Gasteiger partial charge in [-0.05, 0) is 65.4 Å². The maximum absolute atomic E-state index is 13.6. The van der Waals surface area contributed by atoms with Crippen molar-refractivity contribution in [2.75, 3.05) is 12.4 Å². The van der Waals surface area contributed by atoms with E-state index >= 15 is 0 Å². The Bertz CT molecular complexity index is 1520. The lowest BCUT2D eigenvalue weighted by Gasteiger charge is -2.15. The lowest BCUT2D eigenvalue weighted by Crippen LogP contribution is -2.09. The molecule has 3 aromatic carbocycles. The van der Waals surface area contributed by atoms with E-state index in [9.17, 15) is 21.6 Å². The molecular formula is C26H21ClF3NO3S. The first-order valence-corrected chi connectivity index (χ1v) is 12.8. The van der Waals surface area contributed by atoms with E-state index in [1.54, 1.807) is 43.3 Å². The van der Waals surface area contributed by atoms with Gasteiger partial charge in [0.1, 0.15) is 0 Å². The first-order chi connectivity index (χ1) is 16.5. The number of rotatable bonds is 6. The summed E-state index contributed by atoms with van der Waals surface area (Å²) in [6.07, 6.45) is -3.03. The van der Waals surface area contributed by atoms with Gasteiger partial charge in [-0.1, -0.05) is 48.0 Å². The molecule has 0 aliphatic rings. The van der Waals surface area contributed by atoms with Crippen LogP contribution in [0.15, 0.2) is 71.8 Å². The molecule has 9 heteroatoms. The van der Waals surface area contributed by atoms with Crippen molar-refractivity contribution in [2.24, 2.45) is 0 Å². The molecule has 1 heterocycles. The van der Waals surface area contributed by atoms with Crippen LogP contribution in [0.25, 0.3) is 33.2 Å². The summed E-state index contributed by atoms with van der Waals surface area (Å²) in [7, 11) is -3.71. The Balaban J connectivity index is 1.86. The lowest BCUT2D eigenvalue weighted by atomic mass is 9.93. The zero-order valence-electron chi connectivity index (χ0n) is 18.6. The number of sulfone groups is 1. The summed E-state index contributed by atoms with van der Waals surface area (Å²) in [5, 5.41) is 9.47. The van der Waals surface area contributed by atoms with Crippen LogP contribution >= 0.6 is 11.6 Å². The summed E-state index contributed by atoms with van der Waals surface area (Å²) in [5.74, 6) is -0.240. The molecule has 0 saturated heterocycles. The predicted molar refractivity (Wildman–Crippen MR) is 131 cm³/mol. The Morgan fingerprint density at radius 3 is 2.37 bits per heavy atom. The summed E-state index contributed by atoms with van der Waals surface area (Å²) < 4.78 is 66.1. The summed E-state index contributed by atoms with van der Waals surface area (Å²) in [6, 6.07) is 15.8. The number of pyridine rings is 1. The van der Waals surface area contributed by atoms with Crippen LogP contribution in [-0.2, 0) is 16.0 Å². The molecule has 1 aromatic heterocycles. The van der Waals surface area contributed by atoms with Crippen molar-refractivity contribution in [3.63, 3.8) is 0 Å². The minimum absolute atomic E-state index is 0.0316. The second-order valence-corrected chi connectivity index (χ2v) is 10.6. The Kier molecular flexibility index (Phi) is 6.90. The fourth-order valence-electron chi connectivity index (χ4n) is 4.07. The number of hydrogen-bond acceptors (Lipinski definition) is 4. The molecule has 0 saturated carbocycles. The van der Waals surface area contributed by atoms with E-state index in [4.69, 9.17) is 16.7 Å². The molecule has 0 spiro atoms. The zero-order valence-corrected chi connectivity index (χ0v) is 20.2. The first kappa shape index (κ1) is 25.2. The minimum atomic E-state index is -4.54. The molecular weight excluding hydrogens is 499 g/mol. The molecule has 0 unspecified atom stereocenters. The quantitative estimate of drug-likeness (QED) is 0.307. The van der Waals surface area contributed by atoms with Crippen LogP contribution in [0.4, 0.5) is 13.2 Å². The van der Waals surface area contributed by atoms with Crippen LogP contribution < -0.4 is 0 Å². The van der Waals surface area contributed by atoms with E-state index in [1.165, 1.54) is 24.4 Å². The van der Waals surface area contributed by atoms with Crippen LogP contribution in [0.2, 0.25) is 5.02 Å². The van der Waals surface area contributed by atoms with Crippen LogP contribution in [0.3, 0.4) is 0 Å². The zero-order chi connectivity index (χ0) is 25.4. The molecule has 35 heavy (non-hydrogen) atoms.